The predicted octanol–water partition coefficient (Wildman–Crippen LogP) is 3.08. The van der Waals surface area contributed by atoms with E-state index in [-0.39, 0.29) is 0 Å². The third-order valence-corrected chi connectivity index (χ3v) is 3.21. The summed E-state index contributed by atoms with van der Waals surface area (Å²) in [5.41, 5.74) is 0. The number of nitrogens with one attached hydrogen (secondary N) is 1. The Hall–Kier alpha value is -0.480. The van der Waals surface area contributed by atoms with E-state index in [1.54, 1.807) is 11.8 Å². The maximum absolute atomic E-state index is 7.64. The zero-order valence-corrected chi connectivity index (χ0v) is 10.7. The van der Waals surface area contributed by atoms with Crippen molar-refractivity contribution in [2.75, 3.05) is 19.8 Å². The molecule has 0 heterocycles. The van der Waals surface area contributed by atoms with Gasteiger partial charge in [0.1, 0.15) is 5.84 Å². The van der Waals surface area contributed by atoms with Crippen LogP contribution in [0.5, 0.6) is 0 Å². The van der Waals surface area contributed by atoms with Crippen molar-refractivity contribution >= 4 is 33.5 Å². The Kier molecular flexibility index (Phi) is 4.48. The van der Waals surface area contributed by atoms with Crippen LogP contribution in [0.15, 0.2) is 33.6 Å². The predicted molar refractivity (Wildman–Crippen MR) is 66.3 cm³/mol. The van der Waals surface area contributed by atoms with Crippen molar-refractivity contribution in [3.05, 3.63) is 28.7 Å². The van der Waals surface area contributed by atoms with Gasteiger partial charge in [-0.15, -0.1) is 11.8 Å². The van der Waals surface area contributed by atoms with Gasteiger partial charge in [-0.05, 0) is 18.2 Å². The fourth-order valence-corrected chi connectivity index (χ4v) is 2.34. The highest BCUT2D eigenvalue weighted by Crippen LogP contribution is 2.21. The second-order valence-corrected chi connectivity index (χ2v) is 5.05. The quantitative estimate of drug-likeness (QED) is 0.520. The smallest absolute Gasteiger partial charge is 0.106 e. The van der Waals surface area contributed by atoms with Crippen molar-refractivity contribution in [1.82, 2.24) is 4.90 Å². The van der Waals surface area contributed by atoms with Gasteiger partial charge in [-0.3, -0.25) is 5.41 Å². The number of rotatable bonds is 3. The first kappa shape index (κ1) is 11.6. The summed E-state index contributed by atoms with van der Waals surface area (Å²) in [7, 11) is 3.79. The molecule has 0 aliphatic carbocycles. The fraction of sp³-hybridized carbons (Fsp3) is 0.300. The van der Waals surface area contributed by atoms with Crippen LogP contribution >= 0.6 is 27.7 Å². The Morgan fingerprint density at radius 2 is 2.21 bits per heavy atom. The van der Waals surface area contributed by atoms with Crippen LogP contribution in [0.4, 0.5) is 0 Å². The maximum atomic E-state index is 7.64. The summed E-state index contributed by atoms with van der Waals surface area (Å²) in [4.78, 5) is 3.01. The van der Waals surface area contributed by atoms with Gasteiger partial charge in [-0.2, -0.15) is 0 Å². The average Bonchev–Trinajstić information content (AvgIpc) is 2.14. The summed E-state index contributed by atoms with van der Waals surface area (Å²) in [5.74, 6) is 1.35. The number of benzene rings is 1. The summed E-state index contributed by atoms with van der Waals surface area (Å²) in [5, 5.41) is 7.64. The molecule has 1 aromatic carbocycles. The monoisotopic (exact) mass is 272 g/mol. The third kappa shape index (κ3) is 3.72. The van der Waals surface area contributed by atoms with Gasteiger partial charge in [0.25, 0.3) is 0 Å². The van der Waals surface area contributed by atoms with Crippen molar-refractivity contribution in [2.24, 2.45) is 0 Å². The SMILES string of the molecule is CN(C)C(=N)CSc1cccc(Br)c1. The summed E-state index contributed by atoms with van der Waals surface area (Å²) < 4.78 is 1.08. The van der Waals surface area contributed by atoms with Gasteiger partial charge in [0.15, 0.2) is 0 Å². The Morgan fingerprint density at radius 1 is 1.50 bits per heavy atom. The van der Waals surface area contributed by atoms with E-state index in [2.05, 4.69) is 28.1 Å². The topological polar surface area (TPSA) is 27.1 Å². The van der Waals surface area contributed by atoms with E-state index in [0.717, 1.165) is 4.47 Å². The van der Waals surface area contributed by atoms with Crippen LogP contribution in [0.1, 0.15) is 0 Å². The molecular weight excluding hydrogens is 260 g/mol. The number of hydrogen-bond acceptors (Lipinski definition) is 2. The highest BCUT2D eigenvalue weighted by Gasteiger charge is 2.00. The Balaban J connectivity index is 2.50. The molecule has 0 aliphatic heterocycles. The zero-order valence-electron chi connectivity index (χ0n) is 8.25. The van der Waals surface area contributed by atoms with E-state index >= 15 is 0 Å². The van der Waals surface area contributed by atoms with Crippen molar-refractivity contribution in [1.29, 1.82) is 5.41 Å². The standard InChI is InChI=1S/C10H13BrN2S/c1-13(2)10(12)7-14-9-5-3-4-8(11)6-9/h3-6,12H,7H2,1-2H3. The Labute approximate surface area is 97.3 Å². The Morgan fingerprint density at radius 3 is 2.79 bits per heavy atom. The molecule has 0 fully saturated rings. The lowest BCUT2D eigenvalue weighted by Gasteiger charge is -2.12. The number of nitrogens with zero attached hydrogens (tertiary/aromatic N) is 1. The largest absolute Gasteiger partial charge is 0.366 e. The highest BCUT2D eigenvalue weighted by molar-refractivity contribution is 9.10. The number of amidine groups is 1. The lowest BCUT2D eigenvalue weighted by Crippen LogP contribution is -2.22. The molecule has 0 aromatic heterocycles. The molecule has 0 aliphatic rings. The zero-order chi connectivity index (χ0) is 10.6. The molecule has 0 atom stereocenters. The van der Waals surface area contributed by atoms with Gasteiger partial charge in [0.05, 0.1) is 5.75 Å². The second kappa shape index (κ2) is 5.41. The lowest BCUT2D eigenvalue weighted by molar-refractivity contribution is 0.615. The minimum absolute atomic E-state index is 0.634. The summed E-state index contributed by atoms with van der Waals surface area (Å²) in [6.45, 7) is 0. The molecule has 0 amide bonds. The molecule has 0 radical (unpaired) electrons. The number of halogens is 1. The van der Waals surface area contributed by atoms with E-state index in [0.29, 0.717) is 11.6 Å². The Bertz CT molecular complexity index is 326. The second-order valence-electron chi connectivity index (χ2n) is 3.09. The van der Waals surface area contributed by atoms with Crippen molar-refractivity contribution in [3.8, 4) is 0 Å². The molecule has 1 aromatic rings. The van der Waals surface area contributed by atoms with Crippen LogP contribution in [0.25, 0.3) is 0 Å². The van der Waals surface area contributed by atoms with Gasteiger partial charge in [-0.25, -0.2) is 0 Å². The first-order valence-corrected chi connectivity index (χ1v) is 6.00. The molecule has 0 saturated heterocycles. The van der Waals surface area contributed by atoms with Crippen molar-refractivity contribution in [3.63, 3.8) is 0 Å². The lowest BCUT2D eigenvalue weighted by atomic mass is 10.4. The molecule has 0 spiro atoms. The minimum Gasteiger partial charge on any atom is -0.366 e. The van der Waals surface area contributed by atoms with E-state index in [1.807, 2.05) is 31.1 Å². The van der Waals surface area contributed by atoms with E-state index in [9.17, 15) is 0 Å². The first-order chi connectivity index (χ1) is 6.59. The molecule has 1 rings (SSSR count). The molecule has 1 N–H and O–H groups in total. The van der Waals surface area contributed by atoms with Crippen molar-refractivity contribution in [2.45, 2.75) is 4.90 Å². The van der Waals surface area contributed by atoms with Crippen LogP contribution < -0.4 is 0 Å². The van der Waals surface area contributed by atoms with Gasteiger partial charge in [-0.1, -0.05) is 22.0 Å². The number of hydrogen-bond donors (Lipinski definition) is 1. The fourth-order valence-electron chi connectivity index (χ4n) is 0.838. The molecule has 0 unspecified atom stereocenters. The summed E-state index contributed by atoms with van der Waals surface area (Å²) in [6.07, 6.45) is 0. The molecular formula is C10H13BrN2S. The van der Waals surface area contributed by atoms with Gasteiger partial charge >= 0.3 is 0 Å². The molecule has 14 heavy (non-hydrogen) atoms. The highest BCUT2D eigenvalue weighted by atomic mass is 79.9. The number of thioether (sulfide) groups is 1. The van der Waals surface area contributed by atoms with E-state index in [1.165, 1.54) is 4.90 Å². The maximum Gasteiger partial charge on any atom is 0.106 e. The molecule has 76 valence electrons. The van der Waals surface area contributed by atoms with Crippen LogP contribution in [0, 0.1) is 5.41 Å². The summed E-state index contributed by atoms with van der Waals surface area (Å²) >= 11 is 5.10. The average molecular weight is 273 g/mol. The summed E-state index contributed by atoms with van der Waals surface area (Å²) in [6, 6.07) is 8.12. The van der Waals surface area contributed by atoms with Crippen LogP contribution in [0.2, 0.25) is 0 Å². The van der Waals surface area contributed by atoms with Crippen LogP contribution in [0.3, 0.4) is 0 Å². The van der Waals surface area contributed by atoms with Gasteiger partial charge < -0.3 is 4.90 Å². The van der Waals surface area contributed by atoms with E-state index in [4.69, 9.17) is 5.41 Å². The third-order valence-electron chi connectivity index (χ3n) is 1.71. The normalized spacial score (nSPS) is 9.93. The van der Waals surface area contributed by atoms with Crippen LogP contribution in [-0.4, -0.2) is 30.6 Å². The first-order valence-electron chi connectivity index (χ1n) is 4.22. The van der Waals surface area contributed by atoms with Gasteiger partial charge in [0, 0.05) is 23.5 Å². The molecule has 0 saturated carbocycles. The molecule has 2 nitrogen and oxygen atoms in total. The minimum atomic E-state index is 0.634. The van der Waals surface area contributed by atoms with Gasteiger partial charge in [0.2, 0.25) is 0 Å². The van der Waals surface area contributed by atoms with Crippen molar-refractivity contribution < 1.29 is 0 Å². The van der Waals surface area contributed by atoms with E-state index < -0.39 is 0 Å². The molecule has 4 heteroatoms. The van der Waals surface area contributed by atoms with Crippen LogP contribution in [-0.2, 0) is 0 Å². The molecule has 0 bridgehead atoms.